The maximum absolute atomic E-state index is 11.2. The average molecular weight is 375 g/mol. The van der Waals surface area contributed by atoms with Crippen LogP contribution in [0.15, 0.2) is 21.3 Å². The van der Waals surface area contributed by atoms with Crippen LogP contribution in [0.4, 0.5) is 0 Å². The van der Waals surface area contributed by atoms with Crippen LogP contribution in [0.5, 0.6) is 0 Å². The molecule has 8 heteroatoms. The van der Waals surface area contributed by atoms with Gasteiger partial charge in [-0.2, -0.15) is 0 Å². The molecule has 16 heavy (non-hydrogen) atoms. The number of nitrogens with zero attached hydrogens (tertiary/aromatic N) is 1. The summed E-state index contributed by atoms with van der Waals surface area (Å²) in [7, 11) is -1.51. The van der Waals surface area contributed by atoms with E-state index < -0.39 is 9.84 Å². The molecule has 0 fully saturated rings. The fourth-order valence-electron chi connectivity index (χ4n) is 0.909. The SMILES string of the molecule is CN=C(N)NCc1ccc(S(C)(=O)=O)s1.I. The second-order valence-electron chi connectivity index (χ2n) is 2.96. The summed E-state index contributed by atoms with van der Waals surface area (Å²) in [4.78, 5) is 4.63. The van der Waals surface area contributed by atoms with Crippen molar-refractivity contribution in [3.05, 3.63) is 17.0 Å². The third-order valence-electron chi connectivity index (χ3n) is 1.69. The zero-order valence-electron chi connectivity index (χ0n) is 8.93. The molecule has 0 unspecified atom stereocenters. The molecular formula is C8H14IN3O2S2. The summed E-state index contributed by atoms with van der Waals surface area (Å²) in [5.74, 6) is 0.337. The Hall–Kier alpha value is -0.350. The highest BCUT2D eigenvalue weighted by Gasteiger charge is 2.10. The monoisotopic (exact) mass is 375 g/mol. The van der Waals surface area contributed by atoms with Gasteiger partial charge in [-0.3, -0.25) is 4.99 Å². The fraction of sp³-hybridized carbons (Fsp3) is 0.375. The van der Waals surface area contributed by atoms with E-state index in [1.54, 1.807) is 19.2 Å². The highest BCUT2D eigenvalue weighted by molar-refractivity contribution is 14.0. The Morgan fingerprint density at radius 3 is 2.62 bits per heavy atom. The Bertz CT molecular complexity index is 467. The first-order valence-electron chi connectivity index (χ1n) is 4.18. The molecule has 0 aliphatic rings. The molecule has 0 bridgehead atoms. The van der Waals surface area contributed by atoms with E-state index in [0.717, 1.165) is 4.88 Å². The first kappa shape index (κ1) is 15.7. The molecule has 0 aliphatic heterocycles. The second-order valence-corrected chi connectivity index (χ2v) is 6.37. The van der Waals surface area contributed by atoms with Crippen molar-refractivity contribution in [3.63, 3.8) is 0 Å². The first-order chi connectivity index (χ1) is 6.93. The van der Waals surface area contributed by atoms with Crippen molar-refractivity contribution in [2.75, 3.05) is 13.3 Å². The Kier molecular flexibility index (Phi) is 6.26. The second kappa shape index (κ2) is 6.40. The van der Waals surface area contributed by atoms with Crippen molar-refractivity contribution < 1.29 is 8.42 Å². The zero-order valence-corrected chi connectivity index (χ0v) is 12.9. The standard InChI is InChI=1S/C8H13N3O2S2.HI/c1-10-8(9)11-5-6-3-4-7(14-6)15(2,12)13;/h3-4H,5H2,1-2H3,(H3,9,10,11);1H. The highest BCUT2D eigenvalue weighted by Crippen LogP contribution is 2.20. The third kappa shape index (κ3) is 4.66. The Balaban J connectivity index is 0.00000225. The lowest BCUT2D eigenvalue weighted by Crippen LogP contribution is -2.30. The van der Waals surface area contributed by atoms with Crippen LogP contribution >= 0.6 is 35.3 Å². The summed E-state index contributed by atoms with van der Waals surface area (Å²) in [6.07, 6.45) is 1.19. The number of nitrogens with two attached hydrogens (primary N) is 1. The molecule has 1 rings (SSSR count). The largest absolute Gasteiger partial charge is 0.370 e. The minimum absolute atomic E-state index is 0. The number of nitrogens with one attached hydrogen (secondary N) is 1. The summed E-state index contributed by atoms with van der Waals surface area (Å²) in [5, 5.41) is 2.86. The van der Waals surface area contributed by atoms with Crippen LogP contribution in [0.1, 0.15) is 4.88 Å². The molecule has 0 aromatic carbocycles. The lowest BCUT2D eigenvalue weighted by atomic mass is 10.5. The lowest BCUT2D eigenvalue weighted by Gasteiger charge is -2.01. The number of halogens is 1. The van der Waals surface area contributed by atoms with Gasteiger partial charge in [0.2, 0.25) is 0 Å². The molecule has 1 heterocycles. The topological polar surface area (TPSA) is 84.5 Å². The molecule has 3 N–H and O–H groups in total. The summed E-state index contributed by atoms with van der Waals surface area (Å²) in [6, 6.07) is 3.35. The molecule has 0 spiro atoms. The van der Waals surface area contributed by atoms with Gasteiger partial charge in [-0.05, 0) is 12.1 Å². The van der Waals surface area contributed by atoms with E-state index in [2.05, 4.69) is 10.3 Å². The van der Waals surface area contributed by atoms with Crippen LogP contribution in [-0.2, 0) is 16.4 Å². The Morgan fingerprint density at radius 1 is 1.56 bits per heavy atom. The first-order valence-corrected chi connectivity index (χ1v) is 6.89. The number of guanidine groups is 1. The molecular weight excluding hydrogens is 361 g/mol. The molecule has 0 atom stereocenters. The maximum Gasteiger partial charge on any atom is 0.188 e. The van der Waals surface area contributed by atoms with Crippen LogP contribution in [-0.4, -0.2) is 27.7 Å². The third-order valence-corrected chi connectivity index (χ3v) is 4.59. The van der Waals surface area contributed by atoms with Crippen LogP contribution in [0.25, 0.3) is 0 Å². The van der Waals surface area contributed by atoms with Crippen molar-refractivity contribution in [2.24, 2.45) is 10.7 Å². The van der Waals surface area contributed by atoms with Crippen LogP contribution < -0.4 is 11.1 Å². The van der Waals surface area contributed by atoms with Crippen LogP contribution in [0.2, 0.25) is 0 Å². The Morgan fingerprint density at radius 2 is 2.19 bits per heavy atom. The van der Waals surface area contributed by atoms with Gasteiger partial charge >= 0.3 is 0 Å². The van der Waals surface area contributed by atoms with Crippen molar-refractivity contribution >= 4 is 51.1 Å². The van der Waals surface area contributed by atoms with Gasteiger partial charge < -0.3 is 11.1 Å². The summed E-state index contributed by atoms with van der Waals surface area (Å²) in [5.41, 5.74) is 5.44. The number of sulfone groups is 1. The number of hydrogen-bond acceptors (Lipinski definition) is 4. The maximum atomic E-state index is 11.2. The van der Waals surface area contributed by atoms with Crippen molar-refractivity contribution in [3.8, 4) is 0 Å². The van der Waals surface area contributed by atoms with E-state index >= 15 is 0 Å². The van der Waals surface area contributed by atoms with E-state index in [-0.39, 0.29) is 24.0 Å². The van der Waals surface area contributed by atoms with E-state index in [1.165, 1.54) is 17.6 Å². The average Bonchev–Trinajstić information content (AvgIpc) is 2.61. The van der Waals surface area contributed by atoms with Crippen molar-refractivity contribution in [1.82, 2.24) is 5.32 Å². The molecule has 1 aromatic rings. The number of rotatable bonds is 3. The molecule has 0 saturated heterocycles. The molecule has 1 aromatic heterocycles. The molecule has 0 saturated carbocycles. The van der Waals surface area contributed by atoms with Gasteiger partial charge in [0, 0.05) is 18.2 Å². The molecule has 0 amide bonds. The number of aliphatic imine (C=N–C) groups is 1. The Labute approximate surface area is 116 Å². The summed E-state index contributed by atoms with van der Waals surface area (Å²) >= 11 is 1.23. The number of hydrogen-bond donors (Lipinski definition) is 2. The minimum Gasteiger partial charge on any atom is -0.370 e. The van der Waals surface area contributed by atoms with Crippen molar-refractivity contribution in [2.45, 2.75) is 10.8 Å². The number of thiophene rings is 1. The van der Waals surface area contributed by atoms with Gasteiger partial charge in [0.1, 0.15) is 4.21 Å². The summed E-state index contributed by atoms with van der Waals surface area (Å²) < 4.78 is 22.7. The fourth-order valence-corrected chi connectivity index (χ4v) is 2.83. The lowest BCUT2D eigenvalue weighted by molar-refractivity contribution is 0.604. The molecule has 92 valence electrons. The van der Waals surface area contributed by atoms with E-state index in [9.17, 15) is 8.42 Å². The van der Waals surface area contributed by atoms with Gasteiger partial charge in [0.15, 0.2) is 15.8 Å². The van der Waals surface area contributed by atoms with Crippen LogP contribution in [0.3, 0.4) is 0 Å². The normalized spacial score (nSPS) is 12.0. The van der Waals surface area contributed by atoms with E-state index in [1.807, 2.05) is 0 Å². The van der Waals surface area contributed by atoms with Gasteiger partial charge in [-0.15, -0.1) is 35.3 Å². The van der Waals surface area contributed by atoms with Gasteiger partial charge in [0.05, 0.1) is 6.54 Å². The van der Waals surface area contributed by atoms with E-state index in [0.29, 0.717) is 16.7 Å². The molecule has 0 radical (unpaired) electrons. The smallest absolute Gasteiger partial charge is 0.188 e. The zero-order chi connectivity index (χ0) is 11.5. The van der Waals surface area contributed by atoms with Crippen molar-refractivity contribution in [1.29, 1.82) is 0 Å². The quantitative estimate of drug-likeness (QED) is 0.465. The highest BCUT2D eigenvalue weighted by atomic mass is 127. The molecule has 5 nitrogen and oxygen atoms in total. The van der Waals surface area contributed by atoms with Crippen LogP contribution in [0, 0.1) is 0 Å². The van der Waals surface area contributed by atoms with E-state index in [4.69, 9.17) is 5.73 Å². The summed E-state index contributed by atoms with van der Waals surface area (Å²) in [6.45, 7) is 0.489. The predicted molar refractivity (Wildman–Crippen MR) is 77.2 cm³/mol. The predicted octanol–water partition coefficient (Wildman–Crippen LogP) is 0.804. The van der Waals surface area contributed by atoms with Gasteiger partial charge in [-0.1, -0.05) is 0 Å². The van der Waals surface area contributed by atoms with Gasteiger partial charge in [0.25, 0.3) is 0 Å². The molecule has 0 aliphatic carbocycles. The van der Waals surface area contributed by atoms with Gasteiger partial charge in [-0.25, -0.2) is 8.42 Å². The minimum atomic E-state index is -3.10.